The van der Waals surface area contributed by atoms with Crippen LogP contribution in [0.3, 0.4) is 0 Å². The number of anilines is 2. The Bertz CT molecular complexity index is 1790. The quantitative estimate of drug-likeness (QED) is 0.111. The molecule has 0 spiro atoms. The second-order valence-corrected chi connectivity index (χ2v) is 11.6. The van der Waals surface area contributed by atoms with Crippen LogP contribution in [0.5, 0.6) is 0 Å². The third-order valence-corrected chi connectivity index (χ3v) is 8.37. The molecular formula is C34H27FN4O3S2. The Balaban J connectivity index is 1.37. The average molecular weight is 623 g/mol. The van der Waals surface area contributed by atoms with Crippen LogP contribution >= 0.6 is 23.1 Å². The summed E-state index contributed by atoms with van der Waals surface area (Å²) in [6.07, 6.45) is 1.48. The van der Waals surface area contributed by atoms with Crippen molar-refractivity contribution in [1.82, 2.24) is 10.3 Å². The molecule has 0 saturated carbocycles. The van der Waals surface area contributed by atoms with Crippen LogP contribution in [0.25, 0.3) is 6.08 Å². The molecule has 1 aromatic heterocycles. The number of hydrogen-bond acceptors (Lipinski definition) is 6. The number of rotatable bonds is 10. The fraction of sp³-hybridized carbons (Fsp3) is 0.0588. The van der Waals surface area contributed by atoms with E-state index in [4.69, 9.17) is 0 Å². The maximum Gasteiger partial charge on any atom is 0.272 e. The third kappa shape index (κ3) is 8.27. The maximum absolute atomic E-state index is 13.5. The first-order valence-electron chi connectivity index (χ1n) is 13.5. The smallest absolute Gasteiger partial charge is 0.272 e. The lowest BCUT2D eigenvalue weighted by Crippen LogP contribution is -2.30. The first-order chi connectivity index (χ1) is 21.3. The topological polar surface area (TPSA) is 100 Å². The van der Waals surface area contributed by atoms with Gasteiger partial charge in [-0.2, -0.15) is 0 Å². The molecule has 1 heterocycles. The second-order valence-electron chi connectivity index (χ2n) is 9.60. The molecule has 0 aliphatic carbocycles. The summed E-state index contributed by atoms with van der Waals surface area (Å²) >= 11 is 2.69. The SMILES string of the molecule is Cc1csc(NC(=O)C(Sc2cccc(NC(=O)/C(=C/c3ccc(F)cc3)NC(=O)c3ccccc3)c2)c2ccccc2)n1. The number of nitrogens with one attached hydrogen (secondary N) is 3. The predicted octanol–water partition coefficient (Wildman–Crippen LogP) is 7.47. The number of halogens is 1. The Labute approximate surface area is 262 Å². The van der Waals surface area contributed by atoms with Crippen molar-refractivity contribution in [3.63, 3.8) is 0 Å². The highest BCUT2D eigenvalue weighted by molar-refractivity contribution is 8.00. The molecule has 0 saturated heterocycles. The van der Waals surface area contributed by atoms with Gasteiger partial charge < -0.3 is 16.0 Å². The Morgan fingerprint density at radius 2 is 1.57 bits per heavy atom. The van der Waals surface area contributed by atoms with E-state index in [0.29, 0.717) is 21.9 Å². The van der Waals surface area contributed by atoms with E-state index in [1.165, 1.54) is 53.4 Å². The van der Waals surface area contributed by atoms with Crippen LogP contribution < -0.4 is 16.0 Å². The van der Waals surface area contributed by atoms with Gasteiger partial charge in [0, 0.05) is 21.5 Å². The minimum absolute atomic E-state index is 0.0243. The summed E-state index contributed by atoms with van der Waals surface area (Å²) in [7, 11) is 0. The fourth-order valence-corrected chi connectivity index (χ4v) is 5.91. The number of benzene rings is 4. The lowest BCUT2D eigenvalue weighted by molar-refractivity contribution is -0.116. The normalized spacial score (nSPS) is 11.8. The van der Waals surface area contributed by atoms with Crippen molar-refractivity contribution in [3.05, 3.63) is 148 Å². The fourth-order valence-electron chi connectivity index (χ4n) is 4.13. The molecule has 7 nitrogen and oxygen atoms in total. The van der Waals surface area contributed by atoms with Crippen molar-refractivity contribution < 1.29 is 18.8 Å². The largest absolute Gasteiger partial charge is 0.321 e. The Morgan fingerprint density at radius 3 is 2.25 bits per heavy atom. The highest BCUT2D eigenvalue weighted by Crippen LogP contribution is 2.37. The molecule has 0 radical (unpaired) electrons. The van der Waals surface area contributed by atoms with Gasteiger partial charge in [0.25, 0.3) is 11.8 Å². The van der Waals surface area contributed by atoms with Gasteiger partial charge in [0.2, 0.25) is 5.91 Å². The number of nitrogens with zero attached hydrogens (tertiary/aromatic N) is 1. The number of carbonyl (C=O) groups excluding carboxylic acids is 3. The van der Waals surface area contributed by atoms with Crippen LogP contribution in [0.1, 0.15) is 32.4 Å². The minimum Gasteiger partial charge on any atom is -0.321 e. The summed E-state index contributed by atoms with van der Waals surface area (Å²) < 4.78 is 13.5. The summed E-state index contributed by atoms with van der Waals surface area (Å²) in [5.41, 5.74) is 2.98. The third-order valence-electron chi connectivity index (χ3n) is 6.25. The van der Waals surface area contributed by atoms with Gasteiger partial charge in [-0.1, -0.05) is 66.7 Å². The van der Waals surface area contributed by atoms with Crippen molar-refractivity contribution in [1.29, 1.82) is 0 Å². The van der Waals surface area contributed by atoms with Crippen LogP contribution in [0.4, 0.5) is 15.2 Å². The van der Waals surface area contributed by atoms with Crippen LogP contribution in [-0.2, 0) is 9.59 Å². The number of aryl methyl sites for hydroxylation is 1. The number of carbonyl (C=O) groups is 3. The molecule has 5 aromatic rings. The van der Waals surface area contributed by atoms with E-state index in [1.807, 2.05) is 48.7 Å². The van der Waals surface area contributed by atoms with Crippen molar-refractivity contribution in [2.24, 2.45) is 0 Å². The van der Waals surface area contributed by atoms with E-state index >= 15 is 0 Å². The summed E-state index contributed by atoms with van der Waals surface area (Å²) in [5, 5.41) is 10.2. The molecule has 1 unspecified atom stereocenters. The number of aromatic nitrogens is 1. The van der Waals surface area contributed by atoms with Crippen molar-refractivity contribution in [3.8, 4) is 0 Å². The van der Waals surface area contributed by atoms with Gasteiger partial charge >= 0.3 is 0 Å². The first-order valence-corrected chi connectivity index (χ1v) is 15.3. The number of thioether (sulfide) groups is 1. The number of amides is 3. The van der Waals surface area contributed by atoms with Crippen molar-refractivity contribution >= 4 is 57.7 Å². The highest BCUT2D eigenvalue weighted by atomic mass is 32.2. The number of hydrogen-bond donors (Lipinski definition) is 3. The van der Waals surface area contributed by atoms with E-state index in [9.17, 15) is 18.8 Å². The van der Waals surface area contributed by atoms with Crippen molar-refractivity contribution in [2.75, 3.05) is 10.6 Å². The molecule has 0 aliphatic heterocycles. The summed E-state index contributed by atoms with van der Waals surface area (Å²) in [6, 6.07) is 30.6. The molecule has 44 heavy (non-hydrogen) atoms. The maximum atomic E-state index is 13.5. The lowest BCUT2D eigenvalue weighted by Gasteiger charge is -2.17. The molecule has 5 rings (SSSR count). The lowest BCUT2D eigenvalue weighted by atomic mass is 10.1. The van der Waals surface area contributed by atoms with Crippen LogP contribution in [0.15, 0.2) is 125 Å². The first kappa shape index (κ1) is 30.4. The summed E-state index contributed by atoms with van der Waals surface area (Å²) in [4.78, 5) is 44.9. The van der Waals surface area contributed by atoms with Crippen LogP contribution in [-0.4, -0.2) is 22.7 Å². The van der Waals surface area contributed by atoms with E-state index in [1.54, 1.807) is 48.5 Å². The Hall–Kier alpha value is -5.06. The monoisotopic (exact) mass is 622 g/mol. The van der Waals surface area contributed by atoms with E-state index in [0.717, 1.165) is 16.2 Å². The molecule has 4 aromatic carbocycles. The minimum atomic E-state index is -0.592. The standard InChI is InChI=1S/C34H27FN4O3S2/c1-22-21-43-34(36-22)39-33(42)30(24-9-4-2-5-10-24)44-28-14-8-13-27(20-28)37-32(41)29(19-23-15-17-26(35)18-16-23)38-31(40)25-11-6-3-7-12-25/h2-21,30H,1H3,(H,37,41)(H,38,40)(H,36,39,42)/b29-19-. The Morgan fingerprint density at radius 1 is 0.864 bits per heavy atom. The van der Waals surface area contributed by atoms with Crippen LogP contribution in [0, 0.1) is 12.7 Å². The van der Waals surface area contributed by atoms with Crippen LogP contribution in [0.2, 0.25) is 0 Å². The summed E-state index contributed by atoms with van der Waals surface area (Å²) in [5.74, 6) is -1.68. The molecule has 1 atom stereocenters. The zero-order valence-electron chi connectivity index (χ0n) is 23.5. The molecule has 10 heteroatoms. The molecule has 3 N–H and O–H groups in total. The van der Waals surface area contributed by atoms with Gasteiger partial charge in [-0.05, 0) is 66.6 Å². The number of thiazole rings is 1. The van der Waals surface area contributed by atoms with Gasteiger partial charge in [0.1, 0.15) is 16.8 Å². The second kappa shape index (κ2) is 14.4. The van der Waals surface area contributed by atoms with Gasteiger partial charge in [0.15, 0.2) is 5.13 Å². The van der Waals surface area contributed by atoms with Gasteiger partial charge in [-0.3, -0.25) is 14.4 Å². The molecule has 220 valence electrons. The van der Waals surface area contributed by atoms with Gasteiger partial charge in [-0.25, -0.2) is 9.37 Å². The van der Waals surface area contributed by atoms with Gasteiger partial charge in [0.05, 0.1) is 5.69 Å². The van der Waals surface area contributed by atoms with Gasteiger partial charge in [-0.15, -0.1) is 23.1 Å². The predicted molar refractivity (Wildman–Crippen MR) is 174 cm³/mol. The van der Waals surface area contributed by atoms with E-state index in [-0.39, 0.29) is 11.6 Å². The van der Waals surface area contributed by atoms with Crippen molar-refractivity contribution in [2.45, 2.75) is 17.1 Å². The highest BCUT2D eigenvalue weighted by Gasteiger charge is 2.23. The molecule has 0 aliphatic rings. The summed E-state index contributed by atoms with van der Waals surface area (Å²) in [6.45, 7) is 1.86. The Kier molecular flexibility index (Phi) is 9.96. The average Bonchev–Trinajstić information content (AvgIpc) is 3.45. The zero-order valence-corrected chi connectivity index (χ0v) is 25.1. The molecule has 0 bridgehead atoms. The molecular weight excluding hydrogens is 596 g/mol. The van der Waals surface area contributed by atoms with E-state index < -0.39 is 22.9 Å². The van der Waals surface area contributed by atoms with E-state index in [2.05, 4.69) is 20.9 Å². The molecule has 3 amide bonds. The molecule has 0 fully saturated rings. The zero-order chi connectivity index (χ0) is 30.9.